The van der Waals surface area contributed by atoms with Crippen LogP contribution in [-0.2, 0) is 9.47 Å². The molecular weight excluding hydrogens is 276 g/mol. The van der Waals surface area contributed by atoms with Crippen LogP contribution in [0.25, 0.3) is 11.1 Å². The Morgan fingerprint density at radius 2 is 2.29 bits per heavy atom. The Morgan fingerprint density at radius 3 is 2.90 bits per heavy atom. The van der Waals surface area contributed by atoms with E-state index < -0.39 is 5.97 Å². The fraction of sp³-hybridized carbons (Fsp3) is 0.429. The topological polar surface area (TPSA) is 84.8 Å². The minimum Gasteiger partial charge on any atom is -0.464 e. The lowest BCUT2D eigenvalue weighted by atomic mass is 10.2. The molecule has 0 unspecified atom stereocenters. The van der Waals surface area contributed by atoms with E-state index in [9.17, 15) is 9.59 Å². The fourth-order valence-corrected chi connectivity index (χ4v) is 3.04. The minimum atomic E-state index is -0.469. The molecule has 2 atom stereocenters. The number of ether oxygens (including phenoxy) is 2. The van der Waals surface area contributed by atoms with E-state index in [-0.39, 0.29) is 23.8 Å². The average molecular weight is 290 g/mol. The van der Waals surface area contributed by atoms with Crippen LogP contribution in [0.3, 0.4) is 0 Å². The number of likely N-dealkylation sites (tertiary alicyclic amines) is 1. The number of hydrogen-bond acceptors (Lipinski definition) is 5. The van der Waals surface area contributed by atoms with Gasteiger partial charge in [-0.1, -0.05) is 0 Å². The van der Waals surface area contributed by atoms with E-state index in [0.29, 0.717) is 29.9 Å². The lowest BCUT2D eigenvalue weighted by molar-refractivity contribution is 0.0242. The number of esters is 1. The van der Waals surface area contributed by atoms with Gasteiger partial charge in [0.05, 0.1) is 31.4 Å². The summed E-state index contributed by atoms with van der Waals surface area (Å²) in [5, 5.41) is 0. The minimum absolute atomic E-state index is 0.130. The molecule has 4 heterocycles. The second-order valence-electron chi connectivity index (χ2n) is 5.37. The van der Waals surface area contributed by atoms with Crippen LogP contribution in [0.4, 0.5) is 0 Å². The molecule has 2 aromatic heterocycles. The zero-order chi connectivity index (χ0) is 14.6. The van der Waals surface area contributed by atoms with Gasteiger partial charge in [0.25, 0.3) is 5.91 Å². The summed E-state index contributed by atoms with van der Waals surface area (Å²) < 4.78 is 15.7. The van der Waals surface area contributed by atoms with Crippen molar-refractivity contribution in [2.45, 2.75) is 18.6 Å². The van der Waals surface area contributed by atoms with Crippen molar-refractivity contribution >= 4 is 23.0 Å². The van der Waals surface area contributed by atoms with Gasteiger partial charge in [0, 0.05) is 18.7 Å². The maximum absolute atomic E-state index is 12.5. The molecule has 2 fully saturated rings. The number of rotatable bonds is 2. The number of carbonyl (C=O) groups is 2. The van der Waals surface area contributed by atoms with Crippen molar-refractivity contribution in [1.29, 1.82) is 0 Å². The summed E-state index contributed by atoms with van der Waals surface area (Å²) in [5.74, 6) is -0.321. The van der Waals surface area contributed by atoms with Gasteiger partial charge in [-0.3, -0.25) is 4.79 Å². The predicted octanol–water partition coefficient (Wildman–Crippen LogP) is 1.16. The highest BCUT2D eigenvalue weighted by atomic mass is 16.5. The predicted molar refractivity (Wildman–Crippen MR) is 71.1 cm³/mol. The van der Waals surface area contributed by atoms with E-state index in [1.54, 1.807) is 11.0 Å². The third kappa shape index (κ3) is 1.84. The molecule has 0 radical (unpaired) electrons. The van der Waals surface area contributed by atoms with Gasteiger partial charge in [0.15, 0.2) is 11.3 Å². The highest BCUT2D eigenvalue weighted by molar-refractivity contribution is 5.98. The van der Waals surface area contributed by atoms with E-state index >= 15 is 0 Å². The van der Waals surface area contributed by atoms with Crippen molar-refractivity contribution in [3.05, 3.63) is 23.6 Å². The number of amides is 1. The molecule has 7 nitrogen and oxygen atoms in total. The number of carbonyl (C=O) groups excluding carboxylic acids is 2. The maximum Gasteiger partial charge on any atom is 0.354 e. The van der Waals surface area contributed by atoms with E-state index in [1.165, 1.54) is 13.2 Å². The second kappa shape index (κ2) is 4.36. The zero-order valence-corrected chi connectivity index (χ0v) is 11.4. The molecule has 0 spiro atoms. The first kappa shape index (κ1) is 12.5. The summed E-state index contributed by atoms with van der Waals surface area (Å²) in [7, 11) is 1.31. The van der Waals surface area contributed by atoms with Gasteiger partial charge >= 0.3 is 5.97 Å². The molecule has 2 aliphatic rings. The highest BCUT2D eigenvalue weighted by Gasteiger charge is 2.42. The first-order chi connectivity index (χ1) is 10.2. The van der Waals surface area contributed by atoms with Crippen LogP contribution in [-0.4, -0.2) is 54.2 Å². The SMILES string of the molecule is COC(=O)c1cc2oc(C(=O)N3C[C@H]4C[C@@H]3CO4)cc2[nH]1. The number of furan rings is 1. The van der Waals surface area contributed by atoms with Gasteiger partial charge in [0.1, 0.15) is 5.69 Å². The van der Waals surface area contributed by atoms with Crippen molar-refractivity contribution in [3.8, 4) is 0 Å². The van der Waals surface area contributed by atoms with Crippen LogP contribution >= 0.6 is 0 Å². The molecule has 110 valence electrons. The van der Waals surface area contributed by atoms with Crippen molar-refractivity contribution in [2.75, 3.05) is 20.3 Å². The number of fused-ring (bicyclic) bond motifs is 3. The normalized spacial score (nSPS) is 24.0. The molecule has 0 aliphatic carbocycles. The van der Waals surface area contributed by atoms with Gasteiger partial charge in [0.2, 0.25) is 0 Å². The van der Waals surface area contributed by atoms with Crippen molar-refractivity contribution in [1.82, 2.24) is 9.88 Å². The number of aromatic amines is 1. The summed E-state index contributed by atoms with van der Waals surface area (Å²) >= 11 is 0. The number of morpholine rings is 1. The van der Waals surface area contributed by atoms with Crippen molar-refractivity contribution in [3.63, 3.8) is 0 Å². The summed E-state index contributed by atoms with van der Waals surface area (Å²) in [4.78, 5) is 28.5. The van der Waals surface area contributed by atoms with Gasteiger partial charge in [-0.25, -0.2) is 4.79 Å². The van der Waals surface area contributed by atoms with Crippen molar-refractivity contribution < 1.29 is 23.5 Å². The van der Waals surface area contributed by atoms with Gasteiger partial charge in [-0.2, -0.15) is 0 Å². The zero-order valence-electron chi connectivity index (χ0n) is 11.4. The largest absolute Gasteiger partial charge is 0.464 e. The van der Waals surface area contributed by atoms with E-state index in [1.807, 2.05) is 0 Å². The first-order valence-electron chi connectivity index (χ1n) is 6.79. The highest BCUT2D eigenvalue weighted by Crippen LogP contribution is 2.30. The molecule has 4 rings (SSSR count). The third-order valence-corrected chi connectivity index (χ3v) is 4.08. The Morgan fingerprint density at radius 1 is 1.43 bits per heavy atom. The molecule has 1 amide bonds. The summed E-state index contributed by atoms with van der Waals surface area (Å²) in [6.45, 7) is 1.22. The molecular formula is C14H14N2O5. The van der Waals surface area contributed by atoms with E-state index in [4.69, 9.17) is 9.15 Å². The van der Waals surface area contributed by atoms with Crippen LogP contribution in [0.5, 0.6) is 0 Å². The van der Waals surface area contributed by atoms with Gasteiger partial charge < -0.3 is 23.8 Å². The number of methoxy groups -OCH3 is 1. The van der Waals surface area contributed by atoms with Gasteiger partial charge in [-0.15, -0.1) is 0 Å². The summed E-state index contributed by atoms with van der Waals surface area (Å²) in [5.41, 5.74) is 1.39. The maximum atomic E-state index is 12.5. The van der Waals surface area contributed by atoms with Crippen molar-refractivity contribution in [2.24, 2.45) is 0 Å². The Kier molecular flexibility index (Phi) is 2.58. The number of H-pyrrole nitrogens is 1. The molecule has 2 saturated heterocycles. The monoisotopic (exact) mass is 290 g/mol. The van der Waals surface area contributed by atoms with Crippen LogP contribution in [0.2, 0.25) is 0 Å². The third-order valence-electron chi connectivity index (χ3n) is 4.08. The molecule has 2 aliphatic heterocycles. The fourth-order valence-electron chi connectivity index (χ4n) is 3.04. The van der Waals surface area contributed by atoms with E-state index in [0.717, 1.165) is 6.42 Å². The average Bonchev–Trinajstić information content (AvgIpc) is 3.22. The Balaban J connectivity index is 1.60. The molecule has 0 saturated carbocycles. The number of hydrogen-bond donors (Lipinski definition) is 1. The lowest BCUT2D eigenvalue weighted by Gasteiger charge is -2.25. The van der Waals surface area contributed by atoms with Crippen LogP contribution in [0.1, 0.15) is 27.5 Å². The smallest absolute Gasteiger partial charge is 0.354 e. The van der Waals surface area contributed by atoms with Gasteiger partial charge in [-0.05, 0) is 6.42 Å². The van der Waals surface area contributed by atoms with Crippen LogP contribution in [0.15, 0.2) is 16.5 Å². The Labute approximate surface area is 119 Å². The molecule has 1 N–H and O–H groups in total. The lowest BCUT2D eigenvalue weighted by Crippen LogP contribution is -2.41. The van der Waals surface area contributed by atoms with Crippen LogP contribution in [0, 0.1) is 0 Å². The Bertz CT molecular complexity index is 699. The first-order valence-corrected chi connectivity index (χ1v) is 6.79. The molecule has 7 heteroatoms. The number of aromatic nitrogens is 1. The number of nitrogens with one attached hydrogen (secondary N) is 1. The molecule has 2 bridgehead atoms. The molecule has 21 heavy (non-hydrogen) atoms. The summed E-state index contributed by atoms with van der Waals surface area (Å²) in [6.07, 6.45) is 1.06. The standard InChI is InChI=1S/C14H14N2O5/c1-19-14(18)10-4-11-9(15-10)3-12(21-11)13(17)16-5-8-2-7(16)6-20-8/h3-4,7-8,15H,2,5-6H2,1H3/t7-,8-/m1/s1. The quantitative estimate of drug-likeness (QED) is 0.839. The Hall–Kier alpha value is -2.28. The van der Waals surface area contributed by atoms with E-state index in [2.05, 4.69) is 9.72 Å². The summed E-state index contributed by atoms with van der Waals surface area (Å²) in [6, 6.07) is 3.31. The molecule has 2 aromatic rings. The second-order valence-corrected chi connectivity index (χ2v) is 5.37. The number of nitrogens with zero attached hydrogens (tertiary/aromatic N) is 1. The molecule has 0 aromatic carbocycles. The van der Waals surface area contributed by atoms with Crippen LogP contribution < -0.4 is 0 Å².